The molecule has 118 valence electrons. The van der Waals surface area contributed by atoms with Crippen LogP contribution in [0.25, 0.3) is 0 Å². The van der Waals surface area contributed by atoms with Crippen LogP contribution in [-0.4, -0.2) is 42.6 Å². The molecule has 0 radical (unpaired) electrons. The molecule has 0 unspecified atom stereocenters. The second-order valence-electron chi connectivity index (χ2n) is 6.80. The molecule has 1 fully saturated rings. The molecule has 0 aromatic heterocycles. The summed E-state index contributed by atoms with van der Waals surface area (Å²) in [5, 5.41) is 0. The summed E-state index contributed by atoms with van der Waals surface area (Å²) in [6, 6.07) is -0.647. The lowest BCUT2D eigenvalue weighted by Gasteiger charge is -2.27. The van der Waals surface area contributed by atoms with Gasteiger partial charge in [0.05, 0.1) is 5.75 Å². The van der Waals surface area contributed by atoms with Gasteiger partial charge in [0.25, 0.3) is 0 Å². The average molecular weight is 305 g/mol. The normalized spacial score (nSPS) is 21.4. The maximum absolute atomic E-state index is 12.3. The first-order valence-corrected chi connectivity index (χ1v) is 8.86. The van der Waals surface area contributed by atoms with E-state index in [-0.39, 0.29) is 5.75 Å². The van der Waals surface area contributed by atoms with E-state index in [4.69, 9.17) is 4.74 Å². The van der Waals surface area contributed by atoms with Crippen LogP contribution in [-0.2, 0) is 19.6 Å². The number of hydrogen-bond acceptors (Lipinski definition) is 4. The van der Waals surface area contributed by atoms with Gasteiger partial charge in [-0.05, 0) is 46.0 Å². The molecule has 0 amide bonds. The zero-order valence-electron chi connectivity index (χ0n) is 13.2. The molecule has 1 atom stereocenters. The smallest absolute Gasteiger partial charge is 0.324 e. The van der Waals surface area contributed by atoms with Crippen molar-refractivity contribution in [3.63, 3.8) is 0 Å². The average Bonchev–Trinajstić information content (AvgIpc) is 2.73. The number of carbonyl (C=O) groups excluding carboxylic acids is 1. The Morgan fingerprint density at radius 3 is 2.45 bits per heavy atom. The Morgan fingerprint density at radius 1 is 1.35 bits per heavy atom. The molecule has 0 aromatic carbocycles. The van der Waals surface area contributed by atoms with Crippen molar-refractivity contribution < 1.29 is 17.9 Å². The highest BCUT2D eigenvalue weighted by Crippen LogP contribution is 2.25. The van der Waals surface area contributed by atoms with E-state index in [0.717, 1.165) is 0 Å². The first-order valence-electron chi connectivity index (χ1n) is 7.25. The predicted molar refractivity (Wildman–Crippen MR) is 78.8 cm³/mol. The van der Waals surface area contributed by atoms with E-state index in [1.165, 1.54) is 4.31 Å². The lowest BCUT2D eigenvalue weighted by molar-refractivity contribution is -0.158. The number of ether oxygens (including phenoxy) is 1. The number of carbonyl (C=O) groups is 1. The molecule has 5 nitrogen and oxygen atoms in total. The van der Waals surface area contributed by atoms with Crippen molar-refractivity contribution in [3.05, 3.63) is 0 Å². The van der Waals surface area contributed by atoms with E-state index in [9.17, 15) is 13.2 Å². The zero-order chi connectivity index (χ0) is 15.6. The van der Waals surface area contributed by atoms with Gasteiger partial charge in [-0.25, -0.2) is 8.42 Å². The van der Waals surface area contributed by atoms with Crippen LogP contribution in [0.4, 0.5) is 0 Å². The Balaban J connectivity index is 2.76. The van der Waals surface area contributed by atoms with Crippen LogP contribution < -0.4 is 0 Å². The summed E-state index contributed by atoms with van der Waals surface area (Å²) >= 11 is 0. The van der Waals surface area contributed by atoms with Gasteiger partial charge in [-0.3, -0.25) is 4.79 Å². The number of esters is 1. The minimum absolute atomic E-state index is 0.101. The SMILES string of the molecule is CC(C)CCS(=O)(=O)N1CCC[C@@H]1C(=O)OC(C)(C)C. The first kappa shape index (κ1) is 17.4. The van der Waals surface area contributed by atoms with Crippen LogP contribution in [0, 0.1) is 5.92 Å². The molecule has 20 heavy (non-hydrogen) atoms. The Bertz CT molecular complexity index is 437. The molecule has 0 bridgehead atoms. The van der Waals surface area contributed by atoms with Crippen LogP contribution in [0.2, 0.25) is 0 Å². The molecule has 1 saturated heterocycles. The Labute approximate surface area is 122 Å². The monoisotopic (exact) mass is 305 g/mol. The zero-order valence-corrected chi connectivity index (χ0v) is 14.0. The van der Waals surface area contributed by atoms with E-state index in [2.05, 4.69) is 0 Å². The maximum Gasteiger partial charge on any atom is 0.324 e. The molecule has 0 spiro atoms. The minimum atomic E-state index is -3.37. The molecule has 1 rings (SSSR count). The number of sulfonamides is 1. The molecule has 0 saturated carbocycles. The summed E-state index contributed by atoms with van der Waals surface area (Å²) in [6.07, 6.45) is 1.88. The lowest BCUT2D eigenvalue weighted by Crippen LogP contribution is -2.44. The molecular weight excluding hydrogens is 278 g/mol. The standard InChI is InChI=1S/C14H27NO4S/c1-11(2)8-10-20(17,18)15-9-6-7-12(15)13(16)19-14(3,4)5/h11-12H,6-10H2,1-5H3/t12-/m1/s1. The van der Waals surface area contributed by atoms with Crippen LogP contribution in [0.5, 0.6) is 0 Å². The van der Waals surface area contributed by atoms with E-state index in [1.54, 1.807) is 20.8 Å². The number of rotatable bonds is 5. The first-order chi connectivity index (χ1) is 9.03. The Kier molecular flexibility index (Phi) is 5.61. The van der Waals surface area contributed by atoms with Gasteiger partial charge in [0.2, 0.25) is 10.0 Å². The fourth-order valence-corrected chi connectivity index (χ4v) is 4.17. The molecule has 1 aliphatic rings. The highest BCUT2D eigenvalue weighted by atomic mass is 32.2. The maximum atomic E-state index is 12.3. The molecule has 1 aliphatic heterocycles. The van der Waals surface area contributed by atoms with Crippen LogP contribution in [0.15, 0.2) is 0 Å². The van der Waals surface area contributed by atoms with E-state index in [1.807, 2.05) is 13.8 Å². The third-order valence-electron chi connectivity index (χ3n) is 3.19. The minimum Gasteiger partial charge on any atom is -0.459 e. The number of hydrogen-bond donors (Lipinski definition) is 0. The van der Waals surface area contributed by atoms with Gasteiger partial charge in [-0.1, -0.05) is 13.8 Å². The predicted octanol–water partition coefficient (Wildman–Crippen LogP) is 2.17. The van der Waals surface area contributed by atoms with Gasteiger partial charge in [-0.15, -0.1) is 0 Å². The van der Waals surface area contributed by atoms with Crippen LogP contribution in [0.3, 0.4) is 0 Å². The van der Waals surface area contributed by atoms with Crippen LogP contribution >= 0.6 is 0 Å². The van der Waals surface area contributed by atoms with Crippen LogP contribution in [0.1, 0.15) is 53.9 Å². The summed E-state index contributed by atoms with van der Waals surface area (Å²) in [4.78, 5) is 12.1. The molecule has 0 aromatic rings. The fourth-order valence-electron chi connectivity index (χ4n) is 2.18. The molecule has 0 aliphatic carbocycles. The van der Waals surface area contributed by atoms with Gasteiger partial charge in [-0.2, -0.15) is 4.31 Å². The summed E-state index contributed by atoms with van der Waals surface area (Å²) < 4.78 is 31.3. The van der Waals surface area contributed by atoms with E-state index < -0.39 is 27.6 Å². The van der Waals surface area contributed by atoms with Crippen molar-refractivity contribution in [2.24, 2.45) is 5.92 Å². The van der Waals surface area contributed by atoms with Crippen molar-refractivity contribution in [1.82, 2.24) is 4.31 Å². The topological polar surface area (TPSA) is 63.7 Å². The second-order valence-corrected chi connectivity index (χ2v) is 8.84. The van der Waals surface area contributed by atoms with Crippen molar-refractivity contribution in [2.45, 2.75) is 65.5 Å². The fraction of sp³-hybridized carbons (Fsp3) is 0.929. The van der Waals surface area contributed by atoms with Gasteiger partial charge < -0.3 is 4.74 Å². The second kappa shape index (κ2) is 6.43. The molecule has 6 heteroatoms. The largest absolute Gasteiger partial charge is 0.459 e. The highest BCUT2D eigenvalue weighted by Gasteiger charge is 2.40. The van der Waals surface area contributed by atoms with Crippen molar-refractivity contribution in [3.8, 4) is 0 Å². The van der Waals surface area contributed by atoms with Gasteiger partial charge in [0, 0.05) is 6.54 Å². The summed E-state index contributed by atoms with van der Waals surface area (Å²) in [5.41, 5.74) is -0.590. The lowest BCUT2D eigenvalue weighted by atomic mass is 10.2. The van der Waals surface area contributed by atoms with Crippen molar-refractivity contribution >= 4 is 16.0 Å². The summed E-state index contributed by atoms with van der Waals surface area (Å²) in [6.45, 7) is 9.77. The third kappa shape index (κ3) is 5.05. The molecule has 1 heterocycles. The van der Waals surface area contributed by atoms with Crippen molar-refractivity contribution in [1.29, 1.82) is 0 Å². The van der Waals surface area contributed by atoms with Gasteiger partial charge in [0.1, 0.15) is 11.6 Å². The molecule has 0 N–H and O–H groups in total. The third-order valence-corrected chi connectivity index (χ3v) is 5.10. The van der Waals surface area contributed by atoms with Gasteiger partial charge >= 0.3 is 5.97 Å². The Hall–Kier alpha value is -0.620. The number of nitrogens with zero attached hydrogens (tertiary/aromatic N) is 1. The van der Waals surface area contributed by atoms with Crippen molar-refractivity contribution in [2.75, 3.05) is 12.3 Å². The summed E-state index contributed by atoms with van der Waals surface area (Å²) in [5.74, 6) is -0.000255. The highest BCUT2D eigenvalue weighted by molar-refractivity contribution is 7.89. The summed E-state index contributed by atoms with van der Waals surface area (Å²) in [7, 11) is -3.37. The van der Waals surface area contributed by atoms with Gasteiger partial charge in [0.15, 0.2) is 0 Å². The molecular formula is C14H27NO4S. The Morgan fingerprint density at radius 2 is 1.95 bits per heavy atom. The van der Waals surface area contributed by atoms with E-state index in [0.29, 0.717) is 31.7 Å². The quantitative estimate of drug-likeness (QED) is 0.730. The van der Waals surface area contributed by atoms with E-state index >= 15 is 0 Å².